The number of carbonyl (C=O) groups excluding carboxylic acids is 2. The lowest BCUT2D eigenvalue weighted by Crippen LogP contribution is -2.39. The molecule has 1 aromatic carbocycles. The van der Waals surface area contributed by atoms with Crippen LogP contribution >= 0.6 is 0 Å². The summed E-state index contributed by atoms with van der Waals surface area (Å²) in [4.78, 5) is 33.2. The number of piperidine rings is 1. The molecule has 3 fully saturated rings. The molecule has 1 aromatic heterocycles. The number of likely N-dealkylation sites (tertiary alicyclic amines) is 1. The zero-order valence-corrected chi connectivity index (χ0v) is 16.9. The van der Waals surface area contributed by atoms with Crippen LogP contribution in [-0.2, 0) is 4.79 Å². The van der Waals surface area contributed by atoms with E-state index in [-0.39, 0.29) is 17.9 Å². The van der Waals surface area contributed by atoms with Crippen molar-refractivity contribution in [2.75, 3.05) is 20.6 Å². The summed E-state index contributed by atoms with van der Waals surface area (Å²) in [5, 5.41) is 4.06. The Morgan fingerprint density at radius 2 is 1.90 bits per heavy atom. The van der Waals surface area contributed by atoms with E-state index in [2.05, 4.69) is 10.1 Å². The Morgan fingerprint density at radius 1 is 1.17 bits per heavy atom. The van der Waals surface area contributed by atoms with E-state index in [1.165, 1.54) is 0 Å². The van der Waals surface area contributed by atoms with Gasteiger partial charge in [0.25, 0.3) is 5.91 Å². The van der Waals surface area contributed by atoms with Gasteiger partial charge in [0.05, 0.1) is 0 Å². The van der Waals surface area contributed by atoms with Crippen molar-refractivity contribution in [3.05, 3.63) is 35.7 Å². The maximum absolute atomic E-state index is 13.0. The fourth-order valence-corrected chi connectivity index (χ4v) is 4.78. The second-order valence-electron chi connectivity index (χ2n) is 8.85. The normalized spacial score (nSPS) is 26.5. The van der Waals surface area contributed by atoms with Crippen molar-refractivity contribution in [1.82, 2.24) is 19.9 Å². The Kier molecular flexibility index (Phi) is 4.41. The van der Waals surface area contributed by atoms with Gasteiger partial charge in [-0.25, -0.2) is 0 Å². The van der Waals surface area contributed by atoms with Crippen LogP contribution in [0, 0.1) is 11.8 Å². The van der Waals surface area contributed by atoms with Crippen LogP contribution in [0.4, 0.5) is 0 Å². The van der Waals surface area contributed by atoms with Crippen molar-refractivity contribution in [2.24, 2.45) is 11.8 Å². The monoisotopic (exact) mass is 394 g/mol. The van der Waals surface area contributed by atoms with Gasteiger partial charge in [-0.05, 0) is 49.7 Å². The highest BCUT2D eigenvalue weighted by Crippen LogP contribution is 2.41. The molecule has 0 unspecified atom stereocenters. The molecule has 3 atom stereocenters. The number of hydrogen-bond donors (Lipinski definition) is 0. The number of aromatic nitrogens is 2. The number of carbonyl (C=O) groups is 2. The number of benzene rings is 1. The molecule has 152 valence electrons. The fourth-order valence-electron chi connectivity index (χ4n) is 4.78. The molecule has 2 amide bonds. The molecule has 0 bridgehead atoms. The number of rotatable bonds is 4. The first-order valence-electron chi connectivity index (χ1n) is 10.4. The topological polar surface area (TPSA) is 79.5 Å². The Balaban J connectivity index is 1.26. The third-order valence-electron chi connectivity index (χ3n) is 6.81. The van der Waals surface area contributed by atoms with Crippen molar-refractivity contribution in [3.63, 3.8) is 0 Å². The molecule has 7 heteroatoms. The van der Waals surface area contributed by atoms with Gasteiger partial charge in [-0.1, -0.05) is 17.3 Å². The van der Waals surface area contributed by atoms with E-state index in [0.717, 1.165) is 37.8 Å². The highest BCUT2D eigenvalue weighted by molar-refractivity contribution is 5.94. The maximum Gasteiger partial charge on any atom is 0.253 e. The van der Waals surface area contributed by atoms with Crippen LogP contribution < -0.4 is 0 Å². The molecule has 2 heterocycles. The van der Waals surface area contributed by atoms with Crippen LogP contribution in [0.15, 0.2) is 28.8 Å². The van der Waals surface area contributed by atoms with Gasteiger partial charge in [0, 0.05) is 50.1 Å². The number of fused-ring (bicyclic) bond motifs is 1. The van der Waals surface area contributed by atoms with E-state index in [1.54, 1.807) is 0 Å². The van der Waals surface area contributed by atoms with E-state index in [1.807, 2.05) is 48.2 Å². The van der Waals surface area contributed by atoms with Crippen LogP contribution in [0.5, 0.6) is 0 Å². The summed E-state index contributed by atoms with van der Waals surface area (Å²) in [5.74, 6) is 2.87. The molecule has 0 N–H and O–H groups in total. The molecule has 7 nitrogen and oxygen atoms in total. The molecule has 2 saturated carbocycles. The highest BCUT2D eigenvalue weighted by atomic mass is 16.5. The fraction of sp³-hybridized carbons (Fsp3) is 0.545. The van der Waals surface area contributed by atoms with E-state index in [9.17, 15) is 9.59 Å². The van der Waals surface area contributed by atoms with E-state index >= 15 is 0 Å². The third-order valence-corrected chi connectivity index (χ3v) is 6.81. The van der Waals surface area contributed by atoms with Crippen molar-refractivity contribution in [1.29, 1.82) is 0 Å². The van der Waals surface area contributed by atoms with E-state index in [4.69, 9.17) is 4.52 Å². The number of nitrogens with zero attached hydrogens (tertiary/aromatic N) is 4. The van der Waals surface area contributed by atoms with Gasteiger partial charge in [-0.3, -0.25) is 9.59 Å². The van der Waals surface area contributed by atoms with Crippen molar-refractivity contribution >= 4 is 11.8 Å². The van der Waals surface area contributed by atoms with Gasteiger partial charge in [-0.2, -0.15) is 4.98 Å². The lowest BCUT2D eigenvalue weighted by atomic mass is 9.88. The maximum atomic E-state index is 13.0. The van der Waals surface area contributed by atoms with Gasteiger partial charge in [0.1, 0.15) is 0 Å². The average Bonchev–Trinajstić information content (AvgIpc) is 3.32. The standard InChI is InChI=1S/C22H26N4O3/c1-25-12-17-10-18(9-16(17)11-19(25)27)26(2)22(28)15-7-3-13(4-8-15)20-23-21(29-24-20)14-5-6-14/h3-4,7-8,14,16-18H,5-6,9-12H2,1-2H3/t16-,17+,18-/m1/s1. The van der Waals surface area contributed by atoms with Crippen LogP contribution in [0.3, 0.4) is 0 Å². The minimum Gasteiger partial charge on any atom is -0.345 e. The largest absolute Gasteiger partial charge is 0.345 e. The smallest absolute Gasteiger partial charge is 0.253 e. The Hall–Kier alpha value is -2.70. The van der Waals surface area contributed by atoms with Crippen LogP contribution in [0.2, 0.25) is 0 Å². The lowest BCUT2D eigenvalue weighted by molar-refractivity contribution is -0.134. The molecule has 2 aliphatic carbocycles. The Morgan fingerprint density at radius 3 is 2.62 bits per heavy atom. The Labute approximate surface area is 170 Å². The Bertz CT molecular complexity index is 934. The second-order valence-corrected chi connectivity index (χ2v) is 8.85. The van der Waals surface area contributed by atoms with Crippen LogP contribution in [0.1, 0.15) is 54.3 Å². The van der Waals surface area contributed by atoms with Gasteiger partial charge >= 0.3 is 0 Å². The lowest BCUT2D eigenvalue weighted by Gasteiger charge is -2.31. The minimum absolute atomic E-state index is 0.0201. The SMILES string of the molecule is CN1C[C@@H]2C[C@H](N(C)C(=O)c3ccc(-c4noc(C5CC5)n4)cc3)C[C@@H]2CC1=O. The molecule has 5 rings (SSSR count). The van der Waals surface area contributed by atoms with Crippen molar-refractivity contribution < 1.29 is 14.1 Å². The van der Waals surface area contributed by atoms with Crippen molar-refractivity contribution in [3.8, 4) is 11.4 Å². The first-order chi connectivity index (χ1) is 14.0. The quantitative estimate of drug-likeness (QED) is 0.797. The molecule has 0 spiro atoms. The molecule has 2 aromatic rings. The van der Waals surface area contributed by atoms with E-state index in [0.29, 0.717) is 41.5 Å². The van der Waals surface area contributed by atoms with Crippen molar-refractivity contribution in [2.45, 2.75) is 44.1 Å². The first kappa shape index (κ1) is 18.3. The zero-order valence-electron chi connectivity index (χ0n) is 16.9. The highest BCUT2D eigenvalue weighted by Gasteiger charge is 2.42. The first-order valence-corrected chi connectivity index (χ1v) is 10.4. The molecule has 1 aliphatic heterocycles. The van der Waals surface area contributed by atoms with Gasteiger partial charge in [0.2, 0.25) is 17.6 Å². The molecule has 29 heavy (non-hydrogen) atoms. The third kappa shape index (κ3) is 3.43. The number of amides is 2. The molecule has 0 radical (unpaired) electrons. The van der Waals surface area contributed by atoms with Gasteiger partial charge in [-0.15, -0.1) is 0 Å². The average molecular weight is 394 g/mol. The second kappa shape index (κ2) is 6.97. The predicted octanol–water partition coefficient (Wildman–Crippen LogP) is 2.94. The molecular weight excluding hydrogens is 368 g/mol. The summed E-state index contributed by atoms with van der Waals surface area (Å²) in [6.07, 6.45) is 4.73. The summed E-state index contributed by atoms with van der Waals surface area (Å²) in [5.41, 5.74) is 1.51. The zero-order chi connectivity index (χ0) is 20.1. The summed E-state index contributed by atoms with van der Waals surface area (Å²) < 4.78 is 5.32. The summed E-state index contributed by atoms with van der Waals surface area (Å²) in [6.45, 7) is 0.810. The van der Waals surface area contributed by atoms with Crippen LogP contribution in [0.25, 0.3) is 11.4 Å². The minimum atomic E-state index is 0.0201. The van der Waals surface area contributed by atoms with Crippen LogP contribution in [-0.4, -0.2) is 58.4 Å². The summed E-state index contributed by atoms with van der Waals surface area (Å²) >= 11 is 0. The van der Waals surface area contributed by atoms with Gasteiger partial charge < -0.3 is 14.3 Å². The molecule has 3 aliphatic rings. The predicted molar refractivity (Wildman–Crippen MR) is 106 cm³/mol. The van der Waals surface area contributed by atoms with E-state index < -0.39 is 0 Å². The van der Waals surface area contributed by atoms with Gasteiger partial charge in [0.15, 0.2) is 0 Å². The molecular formula is C22H26N4O3. The number of hydrogen-bond acceptors (Lipinski definition) is 5. The summed E-state index contributed by atoms with van der Waals surface area (Å²) in [7, 11) is 3.75. The summed E-state index contributed by atoms with van der Waals surface area (Å²) in [6, 6.07) is 7.62. The molecule has 1 saturated heterocycles.